The predicted octanol–water partition coefficient (Wildman–Crippen LogP) is 2.68. The van der Waals surface area contributed by atoms with Gasteiger partial charge in [-0.2, -0.15) is 0 Å². The number of carbonyl (C=O) groups is 1. The number of pyridine rings is 1. The first-order valence-electron chi connectivity index (χ1n) is 6.21. The zero-order valence-corrected chi connectivity index (χ0v) is 12.9. The van der Waals surface area contributed by atoms with E-state index in [9.17, 15) is 9.59 Å². The summed E-state index contributed by atoms with van der Waals surface area (Å²) in [6, 6.07) is 9.06. The van der Waals surface area contributed by atoms with Crippen LogP contribution in [0.1, 0.15) is 27.2 Å². The van der Waals surface area contributed by atoms with Crippen LogP contribution in [0.3, 0.4) is 0 Å². The van der Waals surface area contributed by atoms with Gasteiger partial charge in [0.25, 0.3) is 11.5 Å². The molecule has 1 aromatic heterocycles. The fraction of sp³-hybridized carbons (Fsp3) is 0.200. The van der Waals surface area contributed by atoms with Gasteiger partial charge in [-0.15, -0.1) is 0 Å². The number of nitrogens with one attached hydrogen (secondary N) is 2. The topological polar surface area (TPSA) is 62.0 Å². The third kappa shape index (κ3) is 3.17. The highest BCUT2D eigenvalue weighted by molar-refractivity contribution is 9.10. The Balaban J connectivity index is 2.16. The molecule has 0 unspecified atom stereocenters. The lowest BCUT2D eigenvalue weighted by Crippen LogP contribution is -2.28. The number of aromatic nitrogens is 1. The lowest BCUT2D eigenvalue weighted by molar-refractivity contribution is 0.0950. The molecule has 1 aromatic carbocycles. The minimum Gasteiger partial charge on any atom is -0.348 e. The summed E-state index contributed by atoms with van der Waals surface area (Å²) in [4.78, 5) is 26.7. The van der Waals surface area contributed by atoms with Gasteiger partial charge in [0.2, 0.25) is 0 Å². The summed E-state index contributed by atoms with van der Waals surface area (Å²) in [5.41, 5.74) is 2.66. The van der Waals surface area contributed by atoms with Crippen molar-refractivity contribution in [2.24, 2.45) is 0 Å². The van der Waals surface area contributed by atoms with E-state index in [-0.39, 0.29) is 18.0 Å². The molecule has 20 heavy (non-hydrogen) atoms. The Hall–Kier alpha value is -1.88. The largest absolute Gasteiger partial charge is 0.348 e. The molecular formula is C15H15BrN2O2. The number of rotatable bonds is 3. The lowest BCUT2D eigenvalue weighted by Gasteiger charge is -2.09. The molecular weight excluding hydrogens is 320 g/mol. The molecule has 104 valence electrons. The molecule has 0 radical (unpaired) electrons. The summed E-state index contributed by atoms with van der Waals surface area (Å²) in [5, 5.41) is 2.77. The molecule has 1 amide bonds. The molecule has 5 heteroatoms. The highest BCUT2D eigenvalue weighted by Crippen LogP contribution is 2.15. The number of halogens is 1. The van der Waals surface area contributed by atoms with Crippen LogP contribution in [0.2, 0.25) is 0 Å². The Kier molecular flexibility index (Phi) is 4.39. The maximum atomic E-state index is 12.1. The third-order valence-electron chi connectivity index (χ3n) is 3.04. The summed E-state index contributed by atoms with van der Waals surface area (Å²) in [5.74, 6) is -0.211. The van der Waals surface area contributed by atoms with Crippen LogP contribution < -0.4 is 10.9 Å². The highest BCUT2D eigenvalue weighted by Gasteiger charge is 2.11. The van der Waals surface area contributed by atoms with Crippen LogP contribution in [-0.4, -0.2) is 10.9 Å². The third-order valence-corrected chi connectivity index (χ3v) is 3.73. The molecule has 0 saturated heterocycles. The number of hydrogen-bond donors (Lipinski definition) is 2. The molecule has 0 atom stereocenters. The second-order valence-corrected chi connectivity index (χ2v) is 5.46. The lowest BCUT2D eigenvalue weighted by atomic mass is 10.1. The maximum Gasteiger partial charge on any atom is 0.253 e. The van der Waals surface area contributed by atoms with Crippen LogP contribution in [0, 0.1) is 13.8 Å². The summed E-state index contributed by atoms with van der Waals surface area (Å²) < 4.78 is 0.729. The van der Waals surface area contributed by atoms with Crippen LogP contribution in [-0.2, 0) is 6.54 Å². The molecule has 2 rings (SSSR count). The average molecular weight is 335 g/mol. The number of amides is 1. The van der Waals surface area contributed by atoms with E-state index in [4.69, 9.17) is 0 Å². The number of H-pyrrole nitrogens is 1. The van der Waals surface area contributed by atoms with Crippen molar-refractivity contribution in [2.45, 2.75) is 20.4 Å². The molecule has 0 saturated carbocycles. The minimum atomic E-state index is -0.211. The van der Waals surface area contributed by atoms with Gasteiger partial charge in [0, 0.05) is 22.3 Å². The average Bonchev–Trinajstić information content (AvgIpc) is 2.37. The van der Waals surface area contributed by atoms with E-state index in [1.54, 1.807) is 18.2 Å². The Morgan fingerprint density at radius 3 is 2.65 bits per heavy atom. The maximum absolute atomic E-state index is 12.1. The fourth-order valence-electron chi connectivity index (χ4n) is 2.01. The Morgan fingerprint density at radius 1 is 1.30 bits per heavy atom. The number of aryl methyl sites for hydroxylation is 2. The van der Waals surface area contributed by atoms with Gasteiger partial charge in [-0.05, 0) is 53.5 Å². The number of aromatic amines is 1. The van der Waals surface area contributed by atoms with Gasteiger partial charge in [0.1, 0.15) is 0 Å². The zero-order chi connectivity index (χ0) is 14.7. The number of carbonyl (C=O) groups excluding carboxylic acids is 1. The van der Waals surface area contributed by atoms with Crippen molar-refractivity contribution in [1.82, 2.24) is 10.3 Å². The van der Waals surface area contributed by atoms with Crippen LogP contribution in [0.15, 0.2) is 39.6 Å². The molecule has 0 aliphatic heterocycles. The Morgan fingerprint density at radius 2 is 2.00 bits per heavy atom. The normalized spacial score (nSPS) is 10.3. The number of benzene rings is 1. The van der Waals surface area contributed by atoms with E-state index in [2.05, 4.69) is 26.2 Å². The van der Waals surface area contributed by atoms with Crippen molar-refractivity contribution in [3.63, 3.8) is 0 Å². The van der Waals surface area contributed by atoms with Crippen LogP contribution in [0.25, 0.3) is 0 Å². The second-order valence-electron chi connectivity index (χ2n) is 4.61. The molecule has 0 bridgehead atoms. The monoisotopic (exact) mass is 334 g/mol. The van der Waals surface area contributed by atoms with Gasteiger partial charge in [0.15, 0.2) is 0 Å². The van der Waals surface area contributed by atoms with Crippen molar-refractivity contribution in [1.29, 1.82) is 0 Å². The molecule has 4 nitrogen and oxygen atoms in total. The smallest absolute Gasteiger partial charge is 0.253 e. The molecule has 0 fully saturated rings. The van der Waals surface area contributed by atoms with E-state index in [0.29, 0.717) is 11.1 Å². The van der Waals surface area contributed by atoms with Crippen molar-refractivity contribution in [2.75, 3.05) is 0 Å². The van der Waals surface area contributed by atoms with Gasteiger partial charge in [-0.3, -0.25) is 9.59 Å². The minimum absolute atomic E-state index is 0.157. The van der Waals surface area contributed by atoms with Gasteiger partial charge in [-0.1, -0.05) is 12.1 Å². The first-order chi connectivity index (χ1) is 9.49. The molecule has 0 spiro atoms. The summed E-state index contributed by atoms with van der Waals surface area (Å²) >= 11 is 3.33. The van der Waals surface area contributed by atoms with Crippen molar-refractivity contribution in [3.05, 3.63) is 67.5 Å². The van der Waals surface area contributed by atoms with E-state index < -0.39 is 0 Å². The van der Waals surface area contributed by atoms with Crippen molar-refractivity contribution < 1.29 is 4.79 Å². The quantitative estimate of drug-likeness (QED) is 0.906. The van der Waals surface area contributed by atoms with E-state index in [0.717, 1.165) is 15.7 Å². The van der Waals surface area contributed by atoms with Crippen LogP contribution >= 0.6 is 15.9 Å². The first kappa shape index (κ1) is 14.5. The standard InChI is InChI=1S/C15H15BrN2O2/c1-9-7-10(2)18-15(20)12(9)8-17-14(19)11-5-3-4-6-13(11)16/h3-7H,8H2,1-2H3,(H,17,19)(H,18,20). The molecule has 0 aliphatic rings. The van der Waals surface area contributed by atoms with Gasteiger partial charge in [0.05, 0.1) is 5.56 Å². The second kappa shape index (κ2) is 6.05. The van der Waals surface area contributed by atoms with E-state index in [1.165, 1.54) is 0 Å². The fourth-order valence-corrected chi connectivity index (χ4v) is 2.48. The summed E-state index contributed by atoms with van der Waals surface area (Å²) in [7, 11) is 0. The molecule has 2 aromatic rings. The van der Waals surface area contributed by atoms with Gasteiger partial charge in [-0.25, -0.2) is 0 Å². The molecule has 2 N–H and O–H groups in total. The van der Waals surface area contributed by atoms with Gasteiger partial charge < -0.3 is 10.3 Å². The Labute approximate surface area is 125 Å². The van der Waals surface area contributed by atoms with Gasteiger partial charge >= 0.3 is 0 Å². The molecule has 0 aliphatic carbocycles. The predicted molar refractivity (Wildman–Crippen MR) is 81.8 cm³/mol. The summed E-state index contributed by atoms with van der Waals surface area (Å²) in [6.45, 7) is 3.90. The summed E-state index contributed by atoms with van der Waals surface area (Å²) in [6.07, 6.45) is 0. The highest BCUT2D eigenvalue weighted by atomic mass is 79.9. The van der Waals surface area contributed by atoms with Crippen LogP contribution in [0.4, 0.5) is 0 Å². The van der Waals surface area contributed by atoms with Crippen molar-refractivity contribution >= 4 is 21.8 Å². The van der Waals surface area contributed by atoms with Crippen LogP contribution in [0.5, 0.6) is 0 Å². The van der Waals surface area contributed by atoms with Crippen molar-refractivity contribution in [3.8, 4) is 0 Å². The Bertz CT molecular complexity index is 707. The van der Waals surface area contributed by atoms with E-state index in [1.807, 2.05) is 26.0 Å². The van der Waals surface area contributed by atoms with E-state index >= 15 is 0 Å². The number of hydrogen-bond acceptors (Lipinski definition) is 2. The molecule has 1 heterocycles. The SMILES string of the molecule is Cc1cc(C)c(CNC(=O)c2ccccc2Br)c(=O)[nH]1. The zero-order valence-electron chi connectivity index (χ0n) is 11.3. The first-order valence-corrected chi connectivity index (χ1v) is 7.00.